The monoisotopic (exact) mass is 299 g/mol. The molecule has 2 rings (SSSR count). The number of para-hydroxylation sites is 1. The van der Waals surface area contributed by atoms with Crippen molar-refractivity contribution in [1.82, 2.24) is 0 Å². The van der Waals surface area contributed by atoms with Crippen LogP contribution in [0.25, 0.3) is 0 Å². The Morgan fingerprint density at radius 3 is 2.43 bits per heavy atom. The van der Waals surface area contributed by atoms with Crippen LogP contribution in [0.5, 0.6) is 0 Å². The van der Waals surface area contributed by atoms with E-state index in [9.17, 15) is 4.79 Å². The topological polar surface area (TPSA) is 29.1 Å². The van der Waals surface area contributed by atoms with Gasteiger partial charge in [0.15, 0.2) is 0 Å². The maximum Gasteiger partial charge on any atom is 0.231 e. The Morgan fingerprint density at radius 1 is 1.10 bits per heavy atom. The molecule has 110 valence electrons. The molecule has 3 heteroatoms. The largest absolute Gasteiger partial charge is 0.325 e. The molecule has 0 aliphatic rings. The second-order valence-corrected chi connectivity index (χ2v) is 5.79. The molecule has 21 heavy (non-hydrogen) atoms. The molecular weight excluding hydrogens is 278 g/mol. The predicted octanol–water partition coefficient (Wildman–Crippen LogP) is 4.93. The van der Waals surface area contributed by atoms with Crippen LogP contribution in [0.4, 0.5) is 5.69 Å². The van der Waals surface area contributed by atoms with E-state index >= 15 is 0 Å². The van der Waals surface area contributed by atoms with Crippen LogP contribution in [0.1, 0.15) is 31.2 Å². The van der Waals surface area contributed by atoms with Crippen LogP contribution < -0.4 is 5.32 Å². The highest BCUT2D eigenvalue weighted by Gasteiger charge is 2.20. The molecule has 1 atom stereocenters. The van der Waals surface area contributed by atoms with Gasteiger partial charge in [-0.25, -0.2) is 0 Å². The maximum absolute atomic E-state index is 12.7. The van der Waals surface area contributed by atoms with Crippen molar-refractivity contribution in [3.8, 4) is 0 Å². The summed E-state index contributed by atoms with van der Waals surface area (Å²) in [5.74, 6) is -0.0179. The van der Waals surface area contributed by atoms with Gasteiger partial charge in [0.1, 0.15) is 0 Å². The van der Waals surface area contributed by atoms with E-state index in [0.717, 1.165) is 29.0 Å². The number of anilines is 1. The van der Waals surface area contributed by atoms with Crippen LogP contribution in [-0.2, 0) is 4.79 Å². The van der Waals surface area contributed by atoms with Gasteiger partial charge >= 0.3 is 0 Å². The summed E-state index contributed by atoms with van der Waals surface area (Å²) < 4.78 is 0. The summed E-state index contributed by atoms with van der Waals surface area (Å²) >= 11 is 1.64. The Morgan fingerprint density at radius 2 is 1.76 bits per heavy atom. The van der Waals surface area contributed by atoms with E-state index in [1.54, 1.807) is 11.8 Å². The molecule has 0 radical (unpaired) electrons. The van der Waals surface area contributed by atoms with Crippen LogP contribution in [0, 0.1) is 0 Å². The molecule has 1 amide bonds. The van der Waals surface area contributed by atoms with Gasteiger partial charge in [-0.05, 0) is 30.4 Å². The van der Waals surface area contributed by atoms with Gasteiger partial charge in [-0.3, -0.25) is 4.79 Å². The summed E-state index contributed by atoms with van der Waals surface area (Å²) in [5.41, 5.74) is 1.98. The Labute approximate surface area is 131 Å². The van der Waals surface area contributed by atoms with Crippen molar-refractivity contribution < 1.29 is 4.79 Å². The Hall–Kier alpha value is -1.74. The third-order valence-corrected chi connectivity index (χ3v) is 4.26. The van der Waals surface area contributed by atoms with E-state index in [4.69, 9.17) is 0 Å². The summed E-state index contributed by atoms with van der Waals surface area (Å²) in [6.07, 6.45) is 3.86. The van der Waals surface area contributed by atoms with Gasteiger partial charge in [0.05, 0.1) is 11.6 Å². The van der Waals surface area contributed by atoms with Crippen molar-refractivity contribution in [2.75, 3.05) is 11.6 Å². The van der Waals surface area contributed by atoms with Gasteiger partial charge < -0.3 is 5.32 Å². The summed E-state index contributed by atoms with van der Waals surface area (Å²) in [6.45, 7) is 2.11. The van der Waals surface area contributed by atoms with Crippen molar-refractivity contribution in [1.29, 1.82) is 0 Å². The lowest BCUT2D eigenvalue weighted by atomic mass is 9.93. The fourth-order valence-corrected chi connectivity index (χ4v) is 2.94. The number of hydrogen-bond donors (Lipinski definition) is 1. The Bertz CT molecular complexity index is 583. The van der Waals surface area contributed by atoms with E-state index in [2.05, 4.69) is 12.2 Å². The summed E-state index contributed by atoms with van der Waals surface area (Å²) in [7, 11) is 0. The molecule has 0 spiro atoms. The van der Waals surface area contributed by atoms with Gasteiger partial charge in [-0.15, -0.1) is 11.8 Å². The second kappa shape index (κ2) is 7.89. The van der Waals surface area contributed by atoms with Crippen LogP contribution in [0.2, 0.25) is 0 Å². The molecule has 0 aliphatic heterocycles. The number of amides is 1. The van der Waals surface area contributed by atoms with Gasteiger partial charge in [0.2, 0.25) is 5.91 Å². The Kier molecular flexibility index (Phi) is 5.88. The van der Waals surface area contributed by atoms with Crippen LogP contribution in [0.3, 0.4) is 0 Å². The molecule has 0 aromatic heterocycles. The zero-order valence-corrected chi connectivity index (χ0v) is 13.3. The first-order valence-electron chi connectivity index (χ1n) is 7.25. The number of nitrogens with one attached hydrogen (secondary N) is 1. The first-order chi connectivity index (χ1) is 10.3. The summed E-state index contributed by atoms with van der Waals surface area (Å²) in [5, 5.41) is 3.09. The van der Waals surface area contributed by atoms with Gasteiger partial charge in [-0.1, -0.05) is 55.8 Å². The smallest absolute Gasteiger partial charge is 0.231 e. The second-order valence-electron chi connectivity index (χ2n) is 4.94. The first kappa shape index (κ1) is 15.6. The molecule has 2 aromatic carbocycles. The average Bonchev–Trinajstić information content (AvgIpc) is 2.53. The van der Waals surface area contributed by atoms with Gasteiger partial charge in [0, 0.05) is 4.90 Å². The minimum atomic E-state index is -0.0916. The number of thioether (sulfide) groups is 1. The van der Waals surface area contributed by atoms with E-state index < -0.39 is 0 Å². The zero-order chi connectivity index (χ0) is 15.1. The number of rotatable bonds is 6. The predicted molar refractivity (Wildman–Crippen MR) is 90.9 cm³/mol. The van der Waals surface area contributed by atoms with Crippen molar-refractivity contribution in [2.45, 2.75) is 30.6 Å². The molecule has 2 aromatic rings. The fraction of sp³-hybridized carbons (Fsp3) is 0.278. The SMILES string of the molecule is CCCC(C(=O)Nc1ccccc1SC)c1ccccc1. The lowest BCUT2D eigenvalue weighted by Gasteiger charge is -2.17. The molecule has 0 heterocycles. The molecule has 0 saturated heterocycles. The van der Waals surface area contributed by atoms with Crippen molar-refractivity contribution in [3.05, 3.63) is 60.2 Å². The molecule has 1 unspecified atom stereocenters. The minimum absolute atomic E-state index is 0.0737. The summed E-state index contributed by atoms with van der Waals surface area (Å²) in [6, 6.07) is 17.9. The highest BCUT2D eigenvalue weighted by atomic mass is 32.2. The molecule has 2 nitrogen and oxygen atoms in total. The van der Waals surface area contributed by atoms with E-state index in [0.29, 0.717) is 0 Å². The van der Waals surface area contributed by atoms with Crippen molar-refractivity contribution in [3.63, 3.8) is 0 Å². The first-order valence-corrected chi connectivity index (χ1v) is 8.47. The highest BCUT2D eigenvalue weighted by molar-refractivity contribution is 7.98. The van der Waals surface area contributed by atoms with Crippen LogP contribution >= 0.6 is 11.8 Å². The molecule has 1 N–H and O–H groups in total. The molecular formula is C18H21NOS. The van der Waals surface area contributed by atoms with Crippen molar-refractivity contribution >= 4 is 23.4 Å². The third kappa shape index (κ3) is 4.11. The van der Waals surface area contributed by atoms with Crippen molar-refractivity contribution in [2.24, 2.45) is 0 Å². The van der Waals surface area contributed by atoms with Gasteiger partial charge in [0.25, 0.3) is 0 Å². The van der Waals surface area contributed by atoms with Crippen LogP contribution in [-0.4, -0.2) is 12.2 Å². The quantitative estimate of drug-likeness (QED) is 0.766. The van der Waals surface area contributed by atoms with E-state index in [-0.39, 0.29) is 11.8 Å². The zero-order valence-electron chi connectivity index (χ0n) is 12.5. The number of carbonyl (C=O) groups excluding carboxylic acids is 1. The normalized spacial score (nSPS) is 11.9. The van der Waals surface area contributed by atoms with E-state index in [1.165, 1.54) is 0 Å². The summed E-state index contributed by atoms with van der Waals surface area (Å²) in [4.78, 5) is 13.7. The number of carbonyl (C=O) groups is 1. The molecule has 0 aliphatic carbocycles. The van der Waals surface area contributed by atoms with Crippen LogP contribution in [0.15, 0.2) is 59.5 Å². The lowest BCUT2D eigenvalue weighted by molar-refractivity contribution is -0.117. The number of benzene rings is 2. The third-order valence-electron chi connectivity index (χ3n) is 3.46. The molecule has 0 fully saturated rings. The maximum atomic E-state index is 12.7. The lowest BCUT2D eigenvalue weighted by Crippen LogP contribution is -2.21. The average molecular weight is 299 g/mol. The molecule has 0 bridgehead atoms. The fourth-order valence-electron chi connectivity index (χ4n) is 2.39. The van der Waals surface area contributed by atoms with E-state index in [1.807, 2.05) is 60.9 Å². The highest BCUT2D eigenvalue weighted by Crippen LogP contribution is 2.28. The number of hydrogen-bond acceptors (Lipinski definition) is 2. The standard InChI is InChI=1S/C18H21NOS/c1-3-9-15(14-10-5-4-6-11-14)18(20)19-16-12-7-8-13-17(16)21-2/h4-8,10-13,15H,3,9H2,1-2H3,(H,19,20). The Balaban J connectivity index is 2.19. The molecule has 0 saturated carbocycles. The minimum Gasteiger partial charge on any atom is -0.325 e. The van der Waals surface area contributed by atoms with Gasteiger partial charge in [-0.2, -0.15) is 0 Å².